The SMILES string of the molecule is Cc1ccc(CN=C(N)N2CCCCC2)c(N2CCCC2)n1. The Hall–Kier alpha value is -1.78. The maximum Gasteiger partial charge on any atom is 0.191 e. The number of aryl methyl sites for hydroxylation is 1. The van der Waals surface area contributed by atoms with Crippen LogP contribution < -0.4 is 10.6 Å². The van der Waals surface area contributed by atoms with Crippen LogP contribution in [0.25, 0.3) is 0 Å². The summed E-state index contributed by atoms with van der Waals surface area (Å²) in [6.07, 6.45) is 6.27. The van der Waals surface area contributed by atoms with E-state index in [9.17, 15) is 0 Å². The Morgan fingerprint density at radius 3 is 2.50 bits per heavy atom. The Kier molecular flexibility index (Phi) is 4.80. The highest BCUT2D eigenvalue weighted by Crippen LogP contribution is 2.23. The van der Waals surface area contributed by atoms with Crippen LogP contribution in [0, 0.1) is 6.92 Å². The van der Waals surface area contributed by atoms with E-state index in [1.54, 1.807) is 0 Å². The molecular formula is C17H27N5. The molecule has 2 N–H and O–H groups in total. The number of rotatable bonds is 3. The van der Waals surface area contributed by atoms with E-state index >= 15 is 0 Å². The van der Waals surface area contributed by atoms with Gasteiger partial charge in [-0.3, -0.25) is 0 Å². The molecule has 0 saturated carbocycles. The lowest BCUT2D eigenvalue weighted by Gasteiger charge is -2.27. The minimum absolute atomic E-state index is 0.626. The normalized spacial score (nSPS) is 19.8. The molecule has 2 aliphatic heterocycles. The zero-order valence-corrected chi connectivity index (χ0v) is 13.6. The molecule has 0 aromatic carbocycles. The Balaban J connectivity index is 1.73. The van der Waals surface area contributed by atoms with Gasteiger partial charge in [-0.2, -0.15) is 0 Å². The van der Waals surface area contributed by atoms with Crippen LogP contribution in [0.2, 0.25) is 0 Å². The van der Waals surface area contributed by atoms with Gasteiger partial charge in [0.2, 0.25) is 0 Å². The van der Waals surface area contributed by atoms with Crippen LogP contribution in [-0.4, -0.2) is 42.0 Å². The highest BCUT2D eigenvalue weighted by atomic mass is 15.3. The molecule has 3 heterocycles. The molecule has 0 bridgehead atoms. The van der Waals surface area contributed by atoms with E-state index in [1.807, 2.05) is 0 Å². The van der Waals surface area contributed by atoms with Crippen LogP contribution in [0.15, 0.2) is 17.1 Å². The van der Waals surface area contributed by atoms with Crippen molar-refractivity contribution in [2.24, 2.45) is 10.7 Å². The molecule has 3 rings (SSSR count). The van der Waals surface area contributed by atoms with Crippen LogP contribution >= 0.6 is 0 Å². The van der Waals surface area contributed by atoms with E-state index in [1.165, 1.54) is 37.7 Å². The van der Waals surface area contributed by atoms with E-state index in [2.05, 4.69) is 33.8 Å². The summed E-state index contributed by atoms with van der Waals surface area (Å²) < 4.78 is 0. The number of pyridine rings is 1. The van der Waals surface area contributed by atoms with Crippen LogP contribution in [0.5, 0.6) is 0 Å². The lowest BCUT2D eigenvalue weighted by molar-refractivity contribution is 0.338. The summed E-state index contributed by atoms with van der Waals surface area (Å²) in [7, 11) is 0. The number of hydrogen-bond acceptors (Lipinski definition) is 3. The Labute approximate surface area is 133 Å². The lowest BCUT2D eigenvalue weighted by atomic mass is 10.1. The van der Waals surface area contributed by atoms with Gasteiger partial charge in [-0.1, -0.05) is 6.07 Å². The van der Waals surface area contributed by atoms with Crippen molar-refractivity contribution >= 4 is 11.8 Å². The van der Waals surface area contributed by atoms with Gasteiger partial charge in [-0.25, -0.2) is 9.98 Å². The van der Waals surface area contributed by atoms with E-state index in [0.29, 0.717) is 12.5 Å². The number of nitrogens with zero attached hydrogens (tertiary/aromatic N) is 4. The highest BCUT2D eigenvalue weighted by molar-refractivity contribution is 5.78. The maximum atomic E-state index is 6.17. The van der Waals surface area contributed by atoms with Crippen molar-refractivity contribution in [1.29, 1.82) is 0 Å². The summed E-state index contributed by atoms with van der Waals surface area (Å²) in [5.74, 6) is 1.79. The van der Waals surface area contributed by atoms with Gasteiger partial charge in [-0.05, 0) is 45.1 Å². The summed E-state index contributed by atoms with van der Waals surface area (Å²) >= 11 is 0. The standard InChI is InChI=1S/C17H27N5/c1-14-7-8-15(16(20-14)21-9-5-6-10-21)13-19-17(18)22-11-3-2-4-12-22/h7-8H,2-6,9-13H2,1H3,(H2,18,19). The van der Waals surface area contributed by atoms with Crippen LogP contribution in [-0.2, 0) is 6.54 Å². The largest absolute Gasteiger partial charge is 0.370 e. The molecule has 5 heteroatoms. The molecule has 1 aromatic rings. The van der Waals surface area contributed by atoms with Gasteiger partial charge < -0.3 is 15.5 Å². The molecule has 0 radical (unpaired) electrons. The first-order valence-electron chi connectivity index (χ1n) is 8.50. The average Bonchev–Trinajstić information content (AvgIpc) is 3.08. The zero-order valence-electron chi connectivity index (χ0n) is 13.6. The first-order chi connectivity index (χ1) is 10.7. The molecule has 2 fully saturated rings. The Bertz CT molecular complexity index is 528. The maximum absolute atomic E-state index is 6.17. The quantitative estimate of drug-likeness (QED) is 0.687. The molecule has 5 nitrogen and oxygen atoms in total. The third-order valence-electron chi connectivity index (χ3n) is 4.59. The molecule has 0 atom stereocenters. The smallest absolute Gasteiger partial charge is 0.191 e. The van der Waals surface area contributed by atoms with Gasteiger partial charge in [0, 0.05) is 37.4 Å². The Morgan fingerprint density at radius 2 is 1.77 bits per heavy atom. The second kappa shape index (κ2) is 6.99. The van der Waals surface area contributed by atoms with Gasteiger partial charge in [-0.15, -0.1) is 0 Å². The third-order valence-corrected chi connectivity index (χ3v) is 4.59. The van der Waals surface area contributed by atoms with Crippen molar-refractivity contribution in [3.8, 4) is 0 Å². The van der Waals surface area contributed by atoms with Gasteiger partial charge >= 0.3 is 0 Å². The summed E-state index contributed by atoms with van der Waals surface area (Å²) in [6.45, 7) is 6.97. The van der Waals surface area contributed by atoms with Crippen molar-refractivity contribution in [2.45, 2.75) is 45.6 Å². The van der Waals surface area contributed by atoms with E-state index < -0.39 is 0 Å². The van der Waals surface area contributed by atoms with Crippen LogP contribution in [0.1, 0.15) is 43.4 Å². The minimum atomic E-state index is 0.626. The number of anilines is 1. The number of guanidine groups is 1. The fourth-order valence-corrected chi connectivity index (χ4v) is 3.29. The number of nitrogens with two attached hydrogens (primary N) is 1. The van der Waals surface area contributed by atoms with Gasteiger partial charge in [0.15, 0.2) is 5.96 Å². The number of aromatic nitrogens is 1. The van der Waals surface area contributed by atoms with Crippen molar-refractivity contribution in [3.63, 3.8) is 0 Å². The number of likely N-dealkylation sites (tertiary alicyclic amines) is 1. The molecule has 0 unspecified atom stereocenters. The first kappa shape index (κ1) is 15.1. The topological polar surface area (TPSA) is 57.8 Å². The van der Waals surface area contributed by atoms with Crippen LogP contribution in [0.3, 0.4) is 0 Å². The van der Waals surface area contributed by atoms with Gasteiger partial charge in [0.05, 0.1) is 6.54 Å². The van der Waals surface area contributed by atoms with Gasteiger partial charge in [0.1, 0.15) is 5.82 Å². The lowest BCUT2D eigenvalue weighted by Crippen LogP contribution is -2.40. The van der Waals surface area contributed by atoms with E-state index in [-0.39, 0.29) is 0 Å². The van der Waals surface area contributed by atoms with Crippen molar-refractivity contribution < 1.29 is 0 Å². The summed E-state index contributed by atoms with van der Waals surface area (Å²) in [5, 5.41) is 0. The zero-order chi connectivity index (χ0) is 15.4. The third kappa shape index (κ3) is 3.51. The monoisotopic (exact) mass is 301 g/mol. The molecule has 0 amide bonds. The number of hydrogen-bond donors (Lipinski definition) is 1. The predicted molar refractivity (Wildman–Crippen MR) is 91.2 cm³/mol. The molecule has 120 valence electrons. The molecule has 22 heavy (non-hydrogen) atoms. The minimum Gasteiger partial charge on any atom is -0.370 e. The van der Waals surface area contributed by atoms with E-state index in [0.717, 1.165) is 37.7 Å². The summed E-state index contributed by atoms with van der Waals surface area (Å²) in [5.41, 5.74) is 8.43. The second-order valence-electron chi connectivity index (χ2n) is 6.35. The summed E-state index contributed by atoms with van der Waals surface area (Å²) in [4.78, 5) is 14.0. The average molecular weight is 301 g/mol. The molecular weight excluding hydrogens is 274 g/mol. The summed E-state index contributed by atoms with van der Waals surface area (Å²) in [6, 6.07) is 4.23. The van der Waals surface area contributed by atoms with Crippen molar-refractivity contribution in [2.75, 3.05) is 31.1 Å². The highest BCUT2D eigenvalue weighted by Gasteiger charge is 2.18. The van der Waals surface area contributed by atoms with E-state index in [4.69, 9.17) is 10.7 Å². The number of aliphatic imine (C=N–C) groups is 1. The van der Waals surface area contributed by atoms with Crippen molar-refractivity contribution in [1.82, 2.24) is 9.88 Å². The molecule has 2 aliphatic rings. The fraction of sp³-hybridized carbons (Fsp3) is 0.647. The second-order valence-corrected chi connectivity index (χ2v) is 6.35. The Morgan fingerprint density at radius 1 is 1.09 bits per heavy atom. The van der Waals surface area contributed by atoms with Gasteiger partial charge in [0.25, 0.3) is 0 Å². The number of piperidine rings is 1. The molecule has 1 aromatic heterocycles. The van der Waals surface area contributed by atoms with Crippen LogP contribution in [0.4, 0.5) is 5.82 Å². The fourth-order valence-electron chi connectivity index (χ4n) is 3.29. The van der Waals surface area contributed by atoms with Crippen molar-refractivity contribution in [3.05, 3.63) is 23.4 Å². The first-order valence-corrected chi connectivity index (χ1v) is 8.50. The molecule has 0 spiro atoms. The molecule has 0 aliphatic carbocycles. The predicted octanol–water partition coefficient (Wildman–Crippen LogP) is 2.29. The molecule has 2 saturated heterocycles.